The maximum Gasteiger partial charge on any atom is 0.329 e. The lowest BCUT2D eigenvalue weighted by atomic mass is 10.2. The summed E-state index contributed by atoms with van der Waals surface area (Å²) in [4.78, 5) is 10.1. The van der Waals surface area contributed by atoms with Crippen molar-refractivity contribution in [1.82, 2.24) is 0 Å². The minimum Gasteiger partial charge on any atom is -0.480 e. The average Bonchev–Trinajstić information content (AvgIpc) is 2.14. The third-order valence-electron chi connectivity index (χ3n) is 1.60. The molecule has 0 aliphatic carbocycles. The van der Waals surface area contributed by atoms with E-state index in [2.05, 4.69) is 0 Å². The van der Waals surface area contributed by atoms with E-state index in [-0.39, 0.29) is 19.0 Å². The number of hydrogen-bond acceptors (Lipinski definition) is 2. The van der Waals surface area contributed by atoms with Crippen molar-refractivity contribution in [2.45, 2.75) is 6.42 Å². The van der Waals surface area contributed by atoms with E-state index in [9.17, 15) is 4.79 Å². The van der Waals surface area contributed by atoms with Crippen LogP contribution in [0.2, 0.25) is 0 Å². The second-order valence-electron chi connectivity index (χ2n) is 2.68. The molecule has 0 amide bonds. The molecule has 0 atom stereocenters. The summed E-state index contributed by atoms with van der Waals surface area (Å²) in [7, 11) is 0. The van der Waals surface area contributed by atoms with Gasteiger partial charge >= 0.3 is 5.97 Å². The van der Waals surface area contributed by atoms with E-state index in [0.29, 0.717) is 6.61 Å². The van der Waals surface area contributed by atoms with Gasteiger partial charge in [0.2, 0.25) is 0 Å². The molecular weight excluding hydrogens is 204 g/mol. The van der Waals surface area contributed by atoms with E-state index in [1.54, 1.807) is 0 Å². The number of benzene rings is 1. The van der Waals surface area contributed by atoms with Crippen molar-refractivity contribution < 1.29 is 14.6 Å². The lowest BCUT2D eigenvalue weighted by Crippen LogP contribution is -2.08. The van der Waals surface area contributed by atoms with Crippen LogP contribution in [-0.4, -0.2) is 24.3 Å². The predicted molar refractivity (Wildman–Crippen MR) is 55.8 cm³/mol. The summed E-state index contributed by atoms with van der Waals surface area (Å²) in [5, 5.41) is 8.29. The molecule has 4 heteroatoms. The highest BCUT2D eigenvalue weighted by Crippen LogP contribution is 1.99. The minimum absolute atomic E-state index is 0. The Balaban J connectivity index is 0.00000169. The maximum atomic E-state index is 10.1. The van der Waals surface area contributed by atoms with E-state index in [0.717, 1.165) is 12.0 Å². The summed E-state index contributed by atoms with van der Waals surface area (Å²) in [6.07, 6.45) is 0.758. The van der Waals surface area contributed by atoms with E-state index >= 15 is 0 Å². The summed E-state index contributed by atoms with van der Waals surface area (Å²) in [6, 6.07) is 9.83. The standard InChI is InChI=1S/C10H12O3.ClH/c11-10(12)8-13-7-6-9-4-2-1-3-5-9;/h1-5H,6-8H2,(H,11,12);1H. The summed E-state index contributed by atoms with van der Waals surface area (Å²) in [5.41, 5.74) is 1.16. The van der Waals surface area contributed by atoms with Gasteiger partial charge in [0.15, 0.2) is 0 Å². The molecular formula is C10H13ClO3. The highest BCUT2D eigenvalue weighted by atomic mass is 35.5. The van der Waals surface area contributed by atoms with Gasteiger partial charge in [0.05, 0.1) is 6.61 Å². The molecule has 0 fully saturated rings. The fourth-order valence-corrected chi connectivity index (χ4v) is 0.994. The molecule has 1 rings (SSSR count). The molecule has 1 aromatic carbocycles. The molecule has 0 aromatic heterocycles. The summed E-state index contributed by atoms with van der Waals surface area (Å²) in [5.74, 6) is -0.923. The Morgan fingerprint density at radius 2 is 1.93 bits per heavy atom. The number of hydrogen-bond donors (Lipinski definition) is 1. The van der Waals surface area contributed by atoms with Crippen molar-refractivity contribution in [3.8, 4) is 0 Å². The second kappa shape index (κ2) is 7.35. The zero-order valence-corrected chi connectivity index (χ0v) is 8.50. The number of ether oxygens (including phenoxy) is 1. The first-order chi connectivity index (χ1) is 6.29. The summed E-state index contributed by atoms with van der Waals surface area (Å²) >= 11 is 0. The average molecular weight is 217 g/mol. The van der Waals surface area contributed by atoms with Crippen LogP contribution in [0.5, 0.6) is 0 Å². The molecule has 1 N–H and O–H groups in total. The molecule has 0 heterocycles. The Bertz CT molecular complexity index is 261. The molecule has 3 nitrogen and oxygen atoms in total. The van der Waals surface area contributed by atoms with E-state index in [1.165, 1.54) is 0 Å². The van der Waals surface area contributed by atoms with Gasteiger partial charge in [-0.3, -0.25) is 0 Å². The zero-order chi connectivity index (χ0) is 9.52. The molecule has 0 saturated heterocycles. The molecule has 1 aromatic rings. The summed E-state index contributed by atoms with van der Waals surface area (Å²) < 4.78 is 4.90. The van der Waals surface area contributed by atoms with Gasteiger partial charge in [0, 0.05) is 0 Å². The van der Waals surface area contributed by atoms with Crippen molar-refractivity contribution in [2.24, 2.45) is 0 Å². The monoisotopic (exact) mass is 216 g/mol. The minimum atomic E-state index is -0.923. The van der Waals surface area contributed by atoms with Gasteiger partial charge in [-0.15, -0.1) is 12.4 Å². The fourth-order valence-electron chi connectivity index (χ4n) is 0.994. The lowest BCUT2D eigenvalue weighted by Gasteiger charge is -2.00. The quantitative estimate of drug-likeness (QED) is 0.763. The van der Waals surface area contributed by atoms with E-state index < -0.39 is 5.97 Å². The SMILES string of the molecule is Cl.O=C(O)COCCc1ccccc1. The van der Waals surface area contributed by atoms with Crippen LogP contribution >= 0.6 is 12.4 Å². The Kier molecular flexibility index (Phi) is 6.80. The first kappa shape index (κ1) is 12.9. The Morgan fingerprint density at radius 1 is 1.29 bits per heavy atom. The highest BCUT2D eigenvalue weighted by molar-refractivity contribution is 5.85. The first-order valence-corrected chi connectivity index (χ1v) is 4.12. The van der Waals surface area contributed by atoms with E-state index in [1.807, 2.05) is 30.3 Å². The third kappa shape index (κ3) is 5.56. The summed E-state index contributed by atoms with van der Waals surface area (Å²) in [6.45, 7) is 0.239. The van der Waals surface area contributed by atoms with Crippen molar-refractivity contribution in [1.29, 1.82) is 0 Å². The van der Waals surface area contributed by atoms with Crippen LogP contribution in [0.1, 0.15) is 5.56 Å². The van der Waals surface area contributed by atoms with E-state index in [4.69, 9.17) is 9.84 Å². The van der Waals surface area contributed by atoms with Gasteiger partial charge in [0.1, 0.15) is 6.61 Å². The molecule has 0 radical (unpaired) electrons. The van der Waals surface area contributed by atoms with Crippen LogP contribution in [0.4, 0.5) is 0 Å². The van der Waals surface area contributed by atoms with Crippen molar-refractivity contribution >= 4 is 18.4 Å². The number of halogens is 1. The molecule has 0 spiro atoms. The number of carbonyl (C=O) groups is 1. The van der Waals surface area contributed by atoms with Gasteiger partial charge in [-0.25, -0.2) is 4.79 Å². The number of aliphatic carboxylic acids is 1. The molecule has 78 valence electrons. The van der Waals surface area contributed by atoms with Crippen LogP contribution in [-0.2, 0) is 16.0 Å². The Morgan fingerprint density at radius 3 is 2.50 bits per heavy atom. The van der Waals surface area contributed by atoms with Crippen LogP contribution in [0, 0.1) is 0 Å². The van der Waals surface area contributed by atoms with Gasteiger partial charge in [0.25, 0.3) is 0 Å². The molecule has 0 bridgehead atoms. The molecule has 0 unspecified atom stereocenters. The second-order valence-corrected chi connectivity index (χ2v) is 2.68. The molecule has 14 heavy (non-hydrogen) atoms. The lowest BCUT2D eigenvalue weighted by molar-refractivity contribution is -0.142. The van der Waals surface area contributed by atoms with Crippen LogP contribution < -0.4 is 0 Å². The van der Waals surface area contributed by atoms with Crippen molar-refractivity contribution in [3.05, 3.63) is 35.9 Å². The number of carboxylic acid groups (broad SMARTS) is 1. The smallest absolute Gasteiger partial charge is 0.329 e. The van der Waals surface area contributed by atoms with Crippen LogP contribution in [0.15, 0.2) is 30.3 Å². The van der Waals surface area contributed by atoms with Gasteiger partial charge in [-0.05, 0) is 12.0 Å². The van der Waals surface area contributed by atoms with Gasteiger partial charge in [-0.1, -0.05) is 30.3 Å². The van der Waals surface area contributed by atoms with Gasteiger partial charge < -0.3 is 9.84 Å². The number of carboxylic acids is 1. The molecule has 0 aliphatic heterocycles. The predicted octanol–water partition coefficient (Wildman–Crippen LogP) is 1.75. The Labute approximate surface area is 89.1 Å². The molecule has 0 aliphatic rings. The normalized spacial score (nSPS) is 9.14. The number of rotatable bonds is 5. The third-order valence-corrected chi connectivity index (χ3v) is 1.60. The van der Waals surface area contributed by atoms with Crippen molar-refractivity contribution in [3.63, 3.8) is 0 Å². The van der Waals surface area contributed by atoms with Crippen LogP contribution in [0.3, 0.4) is 0 Å². The first-order valence-electron chi connectivity index (χ1n) is 4.12. The fraction of sp³-hybridized carbons (Fsp3) is 0.300. The van der Waals surface area contributed by atoms with Gasteiger partial charge in [-0.2, -0.15) is 0 Å². The zero-order valence-electron chi connectivity index (χ0n) is 7.68. The molecule has 0 saturated carbocycles. The van der Waals surface area contributed by atoms with Crippen molar-refractivity contribution in [2.75, 3.05) is 13.2 Å². The maximum absolute atomic E-state index is 10.1. The highest BCUT2D eigenvalue weighted by Gasteiger charge is 1.96. The Hall–Kier alpha value is -1.06. The largest absolute Gasteiger partial charge is 0.480 e. The van der Waals surface area contributed by atoms with Crippen LogP contribution in [0.25, 0.3) is 0 Å². The topological polar surface area (TPSA) is 46.5 Å².